The average Bonchev–Trinajstić information content (AvgIpc) is 2.62. The highest BCUT2D eigenvalue weighted by molar-refractivity contribution is 7.09. The van der Waals surface area contributed by atoms with Crippen LogP contribution in [0.1, 0.15) is 18.4 Å². The van der Waals surface area contributed by atoms with Crippen LogP contribution in [-0.4, -0.2) is 29.9 Å². The number of aromatic nitrogens is 1. The van der Waals surface area contributed by atoms with Gasteiger partial charge < -0.3 is 10.6 Å². The molecule has 16 heavy (non-hydrogen) atoms. The molecular weight excluding hydrogens is 228 g/mol. The van der Waals surface area contributed by atoms with Crippen LogP contribution in [-0.2, 0) is 6.42 Å². The number of unbranched alkanes of at least 4 members (excludes halogenated alkanes) is 1. The summed E-state index contributed by atoms with van der Waals surface area (Å²) in [5.41, 5.74) is 6.14. The molecule has 0 radical (unpaired) electrons. The SMILES string of the molecule is CN(C)c1nsc([N+](=O)[O-])c1CCCCN. The molecule has 0 atom stereocenters. The highest BCUT2D eigenvalue weighted by Crippen LogP contribution is 2.33. The smallest absolute Gasteiger partial charge is 0.348 e. The zero-order chi connectivity index (χ0) is 12.1. The van der Waals surface area contributed by atoms with Crippen molar-refractivity contribution in [3.05, 3.63) is 15.7 Å². The first-order valence-corrected chi connectivity index (χ1v) is 5.85. The predicted molar refractivity (Wildman–Crippen MR) is 65.1 cm³/mol. The van der Waals surface area contributed by atoms with Gasteiger partial charge in [-0.25, -0.2) is 0 Å². The molecule has 1 heterocycles. The van der Waals surface area contributed by atoms with E-state index in [-0.39, 0.29) is 9.92 Å². The summed E-state index contributed by atoms with van der Waals surface area (Å²) >= 11 is 0.949. The van der Waals surface area contributed by atoms with Crippen molar-refractivity contribution in [2.75, 3.05) is 25.5 Å². The van der Waals surface area contributed by atoms with Gasteiger partial charge in [-0.15, -0.1) is 0 Å². The lowest BCUT2D eigenvalue weighted by Gasteiger charge is -2.10. The lowest BCUT2D eigenvalue weighted by Crippen LogP contribution is -2.11. The van der Waals surface area contributed by atoms with Crippen LogP contribution in [0.5, 0.6) is 0 Å². The van der Waals surface area contributed by atoms with Crippen LogP contribution in [0.2, 0.25) is 0 Å². The molecule has 0 aliphatic rings. The summed E-state index contributed by atoms with van der Waals surface area (Å²) in [5.74, 6) is 0.703. The molecule has 0 fully saturated rings. The fraction of sp³-hybridized carbons (Fsp3) is 0.667. The Labute approximate surface area is 98.4 Å². The van der Waals surface area contributed by atoms with Crippen LogP contribution < -0.4 is 10.6 Å². The Balaban J connectivity index is 2.90. The van der Waals surface area contributed by atoms with Crippen molar-refractivity contribution in [3.8, 4) is 0 Å². The highest BCUT2D eigenvalue weighted by Gasteiger charge is 2.23. The van der Waals surface area contributed by atoms with Gasteiger partial charge in [-0.3, -0.25) is 10.1 Å². The Morgan fingerprint density at radius 2 is 2.19 bits per heavy atom. The van der Waals surface area contributed by atoms with E-state index in [2.05, 4.69) is 4.37 Å². The maximum Gasteiger partial charge on any atom is 0.348 e. The molecule has 7 heteroatoms. The molecule has 1 aromatic heterocycles. The van der Waals surface area contributed by atoms with E-state index in [1.807, 2.05) is 14.1 Å². The Morgan fingerprint density at radius 3 is 2.69 bits per heavy atom. The van der Waals surface area contributed by atoms with E-state index >= 15 is 0 Å². The first-order valence-electron chi connectivity index (χ1n) is 5.08. The molecule has 0 amide bonds. The van der Waals surface area contributed by atoms with Gasteiger partial charge in [0.2, 0.25) is 0 Å². The van der Waals surface area contributed by atoms with Gasteiger partial charge >= 0.3 is 5.00 Å². The molecule has 2 N–H and O–H groups in total. The third-order valence-electron chi connectivity index (χ3n) is 2.22. The Hall–Kier alpha value is -1.21. The van der Waals surface area contributed by atoms with E-state index in [0.717, 1.165) is 29.9 Å². The van der Waals surface area contributed by atoms with Crippen molar-refractivity contribution in [3.63, 3.8) is 0 Å². The Morgan fingerprint density at radius 1 is 1.50 bits per heavy atom. The quantitative estimate of drug-likeness (QED) is 0.464. The van der Waals surface area contributed by atoms with Crippen molar-refractivity contribution in [1.29, 1.82) is 0 Å². The second-order valence-electron chi connectivity index (χ2n) is 3.69. The first-order chi connectivity index (χ1) is 7.57. The molecule has 90 valence electrons. The minimum Gasteiger partial charge on any atom is -0.361 e. The zero-order valence-corrected chi connectivity index (χ0v) is 10.3. The third-order valence-corrected chi connectivity index (χ3v) is 3.05. The lowest BCUT2D eigenvalue weighted by atomic mass is 10.1. The number of rotatable bonds is 6. The minimum atomic E-state index is -0.359. The summed E-state index contributed by atoms with van der Waals surface area (Å²) in [7, 11) is 3.68. The molecule has 0 unspecified atom stereocenters. The number of hydrogen-bond donors (Lipinski definition) is 1. The number of hydrogen-bond acceptors (Lipinski definition) is 6. The van der Waals surface area contributed by atoms with Gasteiger partial charge in [0.1, 0.15) is 0 Å². The van der Waals surface area contributed by atoms with E-state index in [1.165, 1.54) is 0 Å². The van der Waals surface area contributed by atoms with Crippen LogP contribution in [0.15, 0.2) is 0 Å². The van der Waals surface area contributed by atoms with E-state index < -0.39 is 0 Å². The normalized spacial score (nSPS) is 10.4. The molecule has 0 spiro atoms. The van der Waals surface area contributed by atoms with Crippen molar-refractivity contribution in [1.82, 2.24) is 4.37 Å². The highest BCUT2D eigenvalue weighted by atomic mass is 32.1. The molecule has 0 aliphatic heterocycles. The Kier molecular flexibility index (Phi) is 4.63. The summed E-state index contributed by atoms with van der Waals surface area (Å²) in [6.07, 6.45) is 2.40. The van der Waals surface area contributed by atoms with Crippen LogP contribution >= 0.6 is 11.5 Å². The van der Waals surface area contributed by atoms with Crippen LogP contribution in [0.3, 0.4) is 0 Å². The second-order valence-corrected chi connectivity index (χ2v) is 4.44. The van der Waals surface area contributed by atoms with Gasteiger partial charge in [0.25, 0.3) is 0 Å². The fourth-order valence-corrected chi connectivity index (χ4v) is 2.27. The van der Waals surface area contributed by atoms with Crippen molar-refractivity contribution in [2.24, 2.45) is 5.73 Å². The predicted octanol–water partition coefficient (Wildman–Crippen LogP) is 1.40. The van der Waals surface area contributed by atoms with Gasteiger partial charge in [0, 0.05) is 25.6 Å². The minimum absolute atomic E-state index is 0.153. The summed E-state index contributed by atoms with van der Waals surface area (Å²) in [6.45, 7) is 0.614. The van der Waals surface area contributed by atoms with Crippen molar-refractivity contribution < 1.29 is 4.92 Å². The number of nitro groups is 1. The molecule has 0 saturated carbocycles. The average molecular weight is 244 g/mol. The van der Waals surface area contributed by atoms with Crippen LogP contribution in [0.4, 0.5) is 10.8 Å². The molecule has 0 bridgehead atoms. The largest absolute Gasteiger partial charge is 0.361 e. The van der Waals surface area contributed by atoms with Gasteiger partial charge in [0.05, 0.1) is 10.5 Å². The molecule has 6 nitrogen and oxygen atoms in total. The molecule has 1 aromatic rings. The molecule has 0 saturated heterocycles. The van der Waals surface area contributed by atoms with Crippen molar-refractivity contribution >= 4 is 22.4 Å². The summed E-state index contributed by atoms with van der Waals surface area (Å²) in [5, 5.41) is 11.0. The van der Waals surface area contributed by atoms with Gasteiger partial charge in [0.15, 0.2) is 5.82 Å². The molecule has 0 aromatic carbocycles. The van der Waals surface area contributed by atoms with Crippen LogP contribution in [0, 0.1) is 10.1 Å². The molecule has 1 rings (SSSR count). The first kappa shape index (κ1) is 12.9. The summed E-state index contributed by atoms with van der Waals surface area (Å²) < 4.78 is 4.11. The zero-order valence-electron chi connectivity index (χ0n) is 9.47. The summed E-state index contributed by atoms with van der Waals surface area (Å²) in [4.78, 5) is 12.3. The number of nitrogens with two attached hydrogens (primary N) is 1. The van der Waals surface area contributed by atoms with Crippen molar-refractivity contribution in [2.45, 2.75) is 19.3 Å². The van der Waals surface area contributed by atoms with Crippen LogP contribution in [0.25, 0.3) is 0 Å². The second kappa shape index (κ2) is 5.76. The van der Waals surface area contributed by atoms with E-state index in [1.54, 1.807) is 4.90 Å². The van der Waals surface area contributed by atoms with Gasteiger partial charge in [-0.05, 0) is 25.8 Å². The topological polar surface area (TPSA) is 85.3 Å². The number of nitrogens with zero attached hydrogens (tertiary/aromatic N) is 3. The number of anilines is 1. The van der Waals surface area contributed by atoms with Gasteiger partial charge in [-0.1, -0.05) is 0 Å². The molecule has 0 aliphatic carbocycles. The lowest BCUT2D eigenvalue weighted by molar-refractivity contribution is -0.380. The fourth-order valence-electron chi connectivity index (χ4n) is 1.45. The summed E-state index contributed by atoms with van der Waals surface area (Å²) in [6, 6.07) is 0. The Bertz CT molecular complexity index is 364. The van der Waals surface area contributed by atoms with E-state index in [9.17, 15) is 10.1 Å². The standard InChI is InChI=1S/C9H16N4O2S/c1-12(2)8-7(5-3-4-6-10)9(13(14)15)16-11-8/h3-6,10H2,1-2H3. The maximum absolute atomic E-state index is 10.8. The monoisotopic (exact) mass is 244 g/mol. The van der Waals surface area contributed by atoms with E-state index in [0.29, 0.717) is 18.8 Å². The van der Waals surface area contributed by atoms with Gasteiger partial charge in [-0.2, -0.15) is 4.37 Å². The van der Waals surface area contributed by atoms with E-state index in [4.69, 9.17) is 5.73 Å². The third kappa shape index (κ3) is 2.89. The molecular formula is C9H16N4O2S. The maximum atomic E-state index is 10.8.